The second-order valence-electron chi connectivity index (χ2n) is 9.02. The predicted octanol–water partition coefficient (Wildman–Crippen LogP) is 7.23. The van der Waals surface area contributed by atoms with E-state index < -0.39 is 0 Å². The minimum Gasteiger partial charge on any atom is -0.466 e. The van der Waals surface area contributed by atoms with Gasteiger partial charge in [0.1, 0.15) is 0 Å². The maximum Gasteiger partial charge on any atom is 0.305 e. The number of allylic oxidation sites excluding steroid dienone is 4. The Morgan fingerprint density at radius 3 is 1.63 bits per heavy atom. The molecule has 0 saturated carbocycles. The lowest BCUT2D eigenvalue weighted by Crippen LogP contribution is -2.22. The fourth-order valence-corrected chi connectivity index (χ4v) is 3.09. The van der Waals surface area contributed by atoms with Crippen molar-refractivity contribution in [2.75, 3.05) is 19.8 Å². The van der Waals surface area contributed by atoms with E-state index in [1.54, 1.807) is 0 Å². The van der Waals surface area contributed by atoms with E-state index in [9.17, 15) is 4.79 Å². The predicted molar refractivity (Wildman–Crippen MR) is 126 cm³/mol. The molecule has 0 radical (unpaired) electrons. The summed E-state index contributed by atoms with van der Waals surface area (Å²) in [5.41, 5.74) is 2.75. The zero-order valence-electron chi connectivity index (χ0n) is 20.8. The van der Waals surface area contributed by atoms with E-state index in [1.807, 2.05) is 6.92 Å². The summed E-state index contributed by atoms with van der Waals surface area (Å²) in [5.74, 6) is 1.04. The van der Waals surface area contributed by atoms with Gasteiger partial charge in [0.25, 0.3) is 0 Å². The number of esters is 1. The van der Waals surface area contributed by atoms with Crippen molar-refractivity contribution in [3.63, 3.8) is 0 Å². The number of carbonyl (C=O) groups is 1. The number of carbonyl (C=O) groups excluding carboxylic acids is 1. The Balaban J connectivity index is 4.31. The first kappa shape index (κ1) is 28.9. The average Bonchev–Trinajstić information content (AvgIpc) is 2.65. The Morgan fingerprint density at radius 1 is 0.767 bits per heavy atom. The number of rotatable bonds is 18. The molecule has 2 unspecified atom stereocenters. The van der Waals surface area contributed by atoms with Crippen molar-refractivity contribution >= 4 is 5.97 Å². The van der Waals surface area contributed by atoms with Crippen LogP contribution < -0.4 is 0 Å². The molecule has 2 atom stereocenters. The largest absolute Gasteiger partial charge is 0.466 e. The maximum atomic E-state index is 11.7. The standard InChI is InChI=1S/C26H48O4/c1-8-28-25(27)15-16-26(29-19-17-23(6)13-9-11-21(2)3)30-20-18-24(7)14-10-12-22(4)5/h11-12,23-24,26H,8-10,13-20H2,1-7H3. The molecule has 0 amide bonds. The highest BCUT2D eigenvalue weighted by Gasteiger charge is 2.14. The van der Waals surface area contributed by atoms with Gasteiger partial charge >= 0.3 is 5.97 Å². The summed E-state index contributed by atoms with van der Waals surface area (Å²) < 4.78 is 17.1. The number of ether oxygens (including phenoxy) is 3. The van der Waals surface area contributed by atoms with E-state index >= 15 is 0 Å². The fraction of sp³-hybridized carbons (Fsp3) is 0.808. The smallest absolute Gasteiger partial charge is 0.305 e. The van der Waals surface area contributed by atoms with E-state index in [0.29, 0.717) is 44.5 Å². The van der Waals surface area contributed by atoms with Crippen LogP contribution in [0.1, 0.15) is 99.8 Å². The second kappa shape index (κ2) is 18.6. The normalized spacial score (nSPS) is 14.0. The molecule has 0 heterocycles. The van der Waals surface area contributed by atoms with Gasteiger partial charge in [0.2, 0.25) is 0 Å². The van der Waals surface area contributed by atoms with Crippen molar-refractivity contribution in [3.8, 4) is 0 Å². The Hall–Kier alpha value is -1.13. The molecular weight excluding hydrogens is 376 g/mol. The van der Waals surface area contributed by atoms with Crippen molar-refractivity contribution in [2.24, 2.45) is 11.8 Å². The average molecular weight is 425 g/mol. The van der Waals surface area contributed by atoms with Gasteiger partial charge in [-0.15, -0.1) is 0 Å². The van der Waals surface area contributed by atoms with Gasteiger partial charge in [0, 0.05) is 19.6 Å². The molecule has 0 bridgehead atoms. The number of hydrogen-bond donors (Lipinski definition) is 0. The van der Waals surface area contributed by atoms with Gasteiger partial charge in [-0.2, -0.15) is 0 Å². The molecular formula is C26H48O4. The van der Waals surface area contributed by atoms with Gasteiger partial charge in [-0.3, -0.25) is 4.79 Å². The zero-order valence-corrected chi connectivity index (χ0v) is 20.8. The lowest BCUT2D eigenvalue weighted by molar-refractivity contribution is -0.160. The molecule has 176 valence electrons. The minimum absolute atomic E-state index is 0.181. The molecule has 30 heavy (non-hydrogen) atoms. The number of hydrogen-bond acceptors (Lipinski definition) is 4. The van der Waals surface area contributed by atoms with Crippen molar-refractivity contribution in [1.29, 1.82) is 0 Å². The van der Waals surface area contributed by atoms with E-state index in [1.165, 1.54) is 24.0 Å². The monoisotopic (exact) mass is 424 g/mol. The summed E-state index contributed by atoms with van der Waals surface area (Å²) in [6, 6.07) is 0. The molecule has 0 N–H and O–H groups in total. The van der Waals surface area contributed by atoms with Gasteiger partial charge in [-0.05, 0) is 85.0 Å². The summed E-state index contributed by atoms with van der Waals surface area (Å²) in [4.78, 5) is 11.7. The summed E-state index contributed by atoms with van der Waals surface area (Å²) >= 11 is 0. The highest BCUT2D eigenvalue weighted by molar-refractivity contribution is 5.69. The van der Waals surface area contributed by atoms with Gasteiger partial charge in [0.05, 0.1) is 13.0 Å². The van der Waals surface area contributed by atoms with E-state index in [-0.39, 0.29) is 12.3 Å². The lowest BCUT2D eigenvalue weighted by Gasteiger charge is -2.21. The van der Waals surface area contributed by atoms with Crippen LogP contribution in [0.4, 0.5) is 0 Å². The van der Waals surface area contributed by atoms with Crippen LogP contribution in [0.3, 0.4) is 0 Å². The van der Waals surface area contributed by atoms with Crippen molar-refractivity contribution < 1.29 is 19.0 Å². The van der Waals surface area contributed by atoms with Crippen LogP contribution in [-0.4, -0.2) is 32.1 Å². The van der Waals surface area contributed by atoms with Gasteiger partial charge < -0.3 is 14.2 Å². The Kier molecular flexibility index (Phi) is 17.9. The Morgan fingerprint density at radius 2 is 1.23 bits per heavy atom. The fourth-order valence-electron chi connectivity index (χ4n) is 3.09. The van der Waals surface area contributed by atoms with E-state index in [2.05, 4.69) is 53.7 Å². The third-order valence-corrected chi connectivity index (χ3v) is 5.14. The molecule has 0 spiro atoms. The molecule has 0 aromatic rings. The Bertz CT molecular complexity index is 453. The minimum atomic E-state index is -0.329. The summed E-state index contributed by atoms with van der Waals surface area (Å²) in [5, 5.41) is 0. The third-order valence-electron chi connectivity index (χ3n) is 5.14. The summed E-state index contributed by atoms with van der Waals surface area (Å²) in [6.45, 7) is 16.7. The van der Waals surface area contributed by atoms with Gasteiger partial charge in [-0.1, -0.05) is 37.1 Å². The molecule has 0 rings (SSSR count). The van der Waals surface area contributed by atoms with Crippen LogP contribution in [-0.2, 0) is 19.0 Å². The van der Waals surface area contributed by atoms with Crippen LogP contribution in [0.5, 0.6) is 0 Å². The molecule has 0 saturated heterocycles. The molecule has 0 aliphatic rings. The van der Waals surface area contributed by atoms with E-state index in [0.717, 1.165) is 25.7 Å². The van der Waals surface area contributed by atoms with Crippen LogP contribution in [0.25, 0.3) is 0 Å². The maximum absolute atomic E-state index is 11.7. The molecule has 0 aliphatic heterocycles. The molecule has 0 fully saturated rings. The van der Waals surface area contributed by atoms with Crippen LogP contribution in [0, 0.1) is 11.8 Å². The van der Waals surface area contributed by atoms with Crippen LogP contribution in [0.2, 0.25) is 0 Å². The highest BCUT2D eigenvalue weighted by atomic mass is 16.7. The second-order valence-corrected chi connectivity index (χ2v) is 9.02. The molecule has 0 aromatic carbocycles. The molecule has 0 aliphatic carbocycles. The Labute approximate surface area is 186 Å². The van der Waals surface area contributed by atoms with Gasteiger partial charge in [-0.25, -0.2) is 0 Å². The van der Waals surface area contributed by atoms with Crippen molar-refractivity contribution in [2.45, 2.75) is 106 Å². The van der Waals surface area contributed by atoms with Crippen molar-refractivity contribution in [3.05, 3.63) is 23.3 Å². The lowest BCUT2D eigenvalue weighted by atomic mass is 10.0. The van der Waals surface area contributed by atoms with Crippen molar-refractivity contribution in [1.82, 2.24) is 0 Å². The van der Waals surface area contributed by atoms with E-state index in [4.69, 9.17) is 14.2 Å². The molecule has 4 heteroatoms. The van der Waals surface area contributed by atoms with Gasteiger partial charge in [0.15, 0.2) is 6.29 Å². The zero-order chi connectivity index (χ0) is 22.8. The first-order valence-corrected chi connectivity index (χ1v) is 11.9. The SMILES string of the molecule is CCOC(=O)CCC(OCCC(C)CCC=C(C)C)OCCC(C)CCC=C(C)C. The quantitative estimate of drug-likeness (QED) is 0.132. The molecule has 0 aromatic heterocycles. The third kappa shape index (κ3) is 18.9. The summed E-state index contributed by atoms with van der Waals surface area (Å²) in [6.07, 6.45) is 11.8. The first-order valence-electron chi connectivity index (χ1n) is 11.9. The van der Waals surface area contributed by atoms with Crippen LogP contribution >= 0.6 is 0 Å². The van der Waals surface area contributed by atoms with Crippen LogP contribution in [0.15, 0.2) is 23.3 Å². The molecule has 4 nitrogen and oxygen atoms in total. The topological polar surface area (TPSA) is 44.8 Å². The first-order chi connectivity index (χ1) is 14.2. The highest BCUT2D eigenvalue weighted by Crippen LogP contribution is 2.16. The summed E-state index contributed by atoms with van der Waals surface area (Å²) in [7, 11) is 0.